The second kappa shape index (κ2) is 9.09. The van der Waals surface area contributed by atoms with Gasteiger partial charge in [0, 0.05) is 31.9 Å². The van der Waals surface area contributed by atoms with E-state index in [0.29, 0.717) is 6.54 Å². The highest BCUT2D eigenvalue weighted by Crippen LogP contribution is 2.18. The summed E-state index contributed by atoms with van der Waals surface area (Å²) in [7, 11) is 0. The molecule has 1 aliphatic heterocycles. The van der Waals surface area contributed by atoms with Crippen molar-refractivity contribution in [2.75, 3.05) is 24.5 Å². The lowest BCUT2D eigenvalue weighted by Gasteiger charge is -2.17. The zero-order valence-corrected chi connectivity index (χ0v) is 15.7. The Labute approximate surface area is 156 Å². The van der Waals surface area contributed by atoms with E-state index in [2.05, 4.69) is 90.1 Å². The molecule has 3 rings (SSSR count). The number of hydrogen-bond donors (Lipinski definition) is 2. The van der Waals surface area contributed by atoms with Crippen molar-refractivity contribution in [1.82, 2.24) is 10.6 Å². The van der Waals surface area contributed by atoms with Gasteiger partial charge in [-0.2, -0.15) is 0 Å². The molecule has 1 aliphatic rings. The summed E-state index contributed by atoms with van der Waals surface area (Å²) in [5.74, 6) is 0.851. The topological polar surface area (TPSA) is 39.7 Å². The molecule has 0 spiro atoms. The maximum Gasteiger partial charge on any atom is 0.191 e. The second-order valence-electron chi connectivity index (χ2n) is 6.52. The first-order valence-corrected chi connectivity index (χ1v) is 9.32. The molecule has 4 nitrogen and oxygen atoms in total. The summed E-state index contributed by atoms with van der Waals surface area (Å²) in [5, 5.41) is 6.75. The Bertz CT molecular complexity index is 754. The predicted molar refractivity (Wildman–Crippen MR) is 111 cm³/mol. The van der Waals surface area contributed by atoms with Gasteiger partial charge in [0.15, 0.2) is 5.96 Å². The number of nitrogens with zero attached hydrogens (tertiary/aromatic N) is 2. The van der Waals surface area contributed by atoms with Crippen molar-refractivity contribution in [2.45, 2.75) is 26.9 Å². The molecule has 2 aromatic rings. The van der Waals surface area contributed by atoms with Gasteiger partial charge in [0.25, 0.3) is 0 Å². The summed E-state index contributed by atoms with van der Waals surface area (Å²) in [6.45, 7) is 8.53. The van der Waals surface area contributed by atoms with E-state index in [0.717, 1.165) is 32.1 Å². The highest BCUT2D eigenvalue weighted by molar-refractivity contribution is 5.79. The van der Waals surface area contributed by atoms with Crippen molar-refractivity contribution in [3.63, 3.8) is 0 Å². The quantitative estimate of drug-likeness (QED) is 0.476. The van der Waals surface area contributed by atoms with Crippen LogP contribution in [0.3, 0.4) is 0 Å². The molecule has 0 amide bonds. The molecule has 26 heavy (non-hydrogen) atoms. The Balaban J connectivity index is 1.58. The molecule has 0 fully saturated rings. The summed E-state index contributed by atoms with van der Waals surface area (Å²) in [4.78, 5) is 7.07. The maximum absolute atomic E-state index is 4.72. The van der Waals surface area contributed by atoms with Gasteiger partial charge in [-0.1, -0.05) is 48.6 Å². The fourth-order valence-corrected chi connectivity index (χ4v) is 3.00. The molecule has 0 radical (unpaired) electrons. The van der Waals surface area contributed by atoms with Crippen LogP contribution in [0.25, 0.3) is 0 Å². The van der Waals surface area contributed by atoms with E-state index < -0.39 is 0 Å². The normalized spacial score (nSPS) is 13.9. The molecule has 0 aromatic heterocycles. The van der Waals surface area contributed by atoms with Gasteiger partial charge in [0.05, 0.1) is 6.54 Å². The zero-order chi connectivity index (χ0) is 18.2. The van der Waals surface area contributed by atoms with Gasteiger partial charge in [-0.25, -0.2) is 4.99 Å². The third-order valence-corrected chi connectivity index (χ3v) is 4.59. The van der Waals surface area contributed by atoms with Crippen LogP contribution in [0.5, 0.6) is 0 Å². The van der Waals surface area contributed by atoms with Crippen LogP contribution in [-0.2, 0) is 13.1 Å². The maximum atomic E-state index is 4.72. The molecule has 0 saturated heterocycles. The molecule has 136 valence electrons. The van der Waals surface area contributed by atoms with Crippen molar-refractivity contribution in [2.24, 2.45) is 4.99 Å². The predicted octanol–water partition coefficient (Wildman–Crippen LogP) is 3.63. The van der Waals surface area contributed by atoms with Crippen molar-refractivity contribution < 1.29 is 0 Å². The summed E-state index contributed by atoms with van der Waals surface area (Å²) in [6.07, 6.45) is 4.42. The summed E-state index contributed by atoms with van der Waals surface area (Å²) < 4.78 is 0. The van der Waals surface area contributed by atoms with Crippen LogP contribution >= 0.6 is 0 Å². The first-order chi connectivity index (χ1) is 12.8. The van der Waals surface area contributed by atoms with Gasteiger partial charge in [-0.3, -0.25) is 0 Å². The number of anilines is 1. The number of nitrogens with one attached hydrogen (secondary N) is 2. The molecule has 0 unspecified atom stereocenters. The SMILES string of the molecule is CCNC(=NCc1ccc(N2CC=CC2)cc1)NCc1ccccc1C. The van der Waals surface area contributed by atoms with Crippen LogP contribution in [0.1, 0.15) is 23.6 Å². The van der Waals surface area contributed by atoms with Gasteiger partial charge in [0.2, 0.25) is 0 Å². The lowest BCUT2D eigenvalue weighted by atomic mass is 10.1. The van der Waals surface area contributed by atoms with Crippen LogP contribution in [0.2, 0.25) is 0 Å². The van der Waals surface area contributed by atoms with Crippen LogP contribution < -0.4 is 15.5 Å². The Morgan fingerprint density at radius 3 is 2.42 bits per heavy atom. The molecule has 2 N–H and O–H groups in total. The van der Waals surface area contributed by atoms with E-state index in [9.17, 15) is 0 Å². The zero-order valence-electron chi connectivity index (χ0n) is 15.7. The highest BCUT2D eigenvalue weighted by atomic mass is 15.2. The van der Waals surface area contributed by atoms with E-state index in [1.54, 1.807) is 0 Å². The molecule has 0 atom stereocenters. The van der Waals surface area contributed by atoms with Gasteiger partial charge in [0.1, 0.15) is 0 Å². The molecular formula is C22H28N4. The molecule has 1 heterocycles. The number of aliphatic imine (C=N–C) groups is 1. The monoisotopic (exact) mass is 348 g/mol. The highest BCUT2D eigenvalue weighted by Gasteiger charge is 2.07. The minimum atomic E-state index is 0.668. The van der Waals surface area contributed by atoms with Crippen molar-refractivity contribution in [1.29, 1.82) is 0 Å². The summed E-state index contributed by atoms with van der Waals surface area (Å²) >= 11 is 0. The largest absolute Gasteiger partial charge is 0.364 e. The van der Waals surface area contributed by atoms with Gasteiger partial charge < -0.3 is 15.5 Å². The minimum Gasteiger partial charge on any atom is -0.364 e. The van der Waals surface area contributed by atoms with Crippen molar-refractivity contribution in [3.05, 3.63) is 77.4 Å². The lowest BCUT2D eigenvalue weighted by molar-refractivity contribution is 0.813. The Morgan fingerprint density at radius 1 is 1.00 bits per heavy atom. The number of rotatable bonds is 6. The fourth-order valence-electron chi connectivity index (χ4n) is 3.00. The number of guanidine groups is 1. The third-order valence-electron chi connectivity index (χ3n) is 4.59. The summed E-state index contributed by atoms with van der Waals surface area (Å²) in [6, 6.07) is 17.1. The standard InChI is InChI=1S/C22H28N4/c1-3-23-22(25-17-20-9-5-4-8-18(20)2)24-16-19-10-12-21(13-11-19)26-14-6-7-15-26/h4-13H,3,14-17H2,1-2H3,(H2,23,24,25). The number of hydrogen-bond acceptors (Lipinski definition) is 2. The molecule has 2 aromatic carbocycles. The van der Waals surface area contributed by atoms with Crippen LogP contribution in [0.15, 0.2) is 65.7 Å². The van der Waals surface area contributed by atoms with Crippen molar-refractivity contribution in [3.8, 4) is 0 Å². The van der Waals surface area contributed by atoms with Crippen LogP contribution in [-0.4, -0.2) is 25.6 Å². The van der Waals surface area contributed by atoms with E-state index in [1.807, 2.05) is 0 Å². The average molecular weight is 348 g/mol. The molecule has 0 bridgehead atoms. The fraction of sp³-hybridized carbons (Fsp3) is 0.318. The van der Waals surface area contributed by atoms with E-state index in [4.69, 9.17) is 4.99 Å². The Hall–Kier alpha value is -2.75. The van der Waals surface area contributed by atoms with E-state index in [1.165, 1.54) is 22.4 Å². The minimum absolute atomic E-state index is 0.668. The smallest absolute Gasteiger partial charge is 0.191 e. The number of aryl methyl sites for hydroxylation is 1. The van der Waals surface area contributed by atoms with Gasteiger partial charge in [-0.05, 0) is 42.7 Å². The first-order valence-electron chi connectivity index (χ1n) is 9.32. The van der Waals surface area contributed by atoms with Gasteiger partial charge >= 0.3 is 0 Å². The second-order valence-corrected chi connectivity index (χ2v) is 6.52. The Kier molecular flexibility index (Phi) is 6.31. The lowest BCUT2D eigenvalue weighted by Crippen LogP contribution is -2.36. The number of benzene rings is 2. The third kappa shape index (κ3) is 4.88. The molecule has 4 heteroatoms. The molecular weight excluding hydrogens is 320 g/mol. The van der Waals surface area contributed by atoms with Crippen LogP contribution in [0, 0.1) is 6.92 Å². The molecule has 0 aliphatic carbocycles. The van der Waals surface area contributed by atoms with Crippen LogP contribution in [0.4, 0.5) is 5.69 Å². The average Bonchev–Trinajstić information content (AvgIpc) is 3.20. The molecule has 0 saturated carbocycles. The van der Waals surface area contributed by atoms with E-state index >= 15 is 0 Å². The first kappa shape index (κ1) is 18.1. The Morgan fingerprint density at radius 2 is 1.73 bits per heavy atom. The van der Waals surface area contributed by atoms with E-state index in [-0.39, 0.29) is 0 Å². The van der Waals surface area contributed by atoms with Crippen molar-refractivity contribution >= 4 is 11.6 Å². The van der Waals surface area contributed by atoms with Gasteiger partial charge in [-0.15, -0.1) is 0 Å². The summed E-state index contributed by atoms with van der Waals surface area (Å²) in [5.41, 5.74) is 5.07.